The zero-order valence-corrected chi connectivity index (χ0v) is 7.01. The number of anilines is 1. The highest BCUT2D eigenvalue weighted by Crippen LogP contribution is 2.16. The van der Waals surface area contributed by atoms with Crippen LogP contribution in [-0.4, -0.2) is 17.5 Å². The Balaban J connectivity index is 3.08. The average Bonchev–Trinajstić information content (AvgIpc) is 2.01. The van der Waals surface area contributed by atoms with Crippen LogP contribution >= 0.6 is 11.6 Å². The Morgan fingerprint density at radius 1 is 1.50 bits per heavy atom. The molecule has 0 atom stereocenters. The first-order valence-corrected chi connectivity index (χ1v) is 3.71. The van der Waals surface area contributed by atoms with Crippen molar-refractivity contribution in [2.75, 3.05) is 12.3 Å². The van der Waals surface area contributed by atoms with E-state index in [1.54, 1.807) is 0 Å². The SMILES string of the molecule is Nc1cc(Cl)cc(C(=O)CO)c1. The molecule has 0 aliphatic heterocycles. The molecule has 4 heteroatoms. The van der Waals surface area contributed by atoms with E-state index in [4.69, 9.17) is 22.4 Å². The van der Waals surface area contributed by atoms with Crippen LogP contribution in [0.5, 0.6) is 0 Å². The van der Waals surface area contributed by atoms with Crippen LogP contribution in [-0.2, 0) is 0 Å². The maximum absolute atomic E-state index is 11.0. The van der Waals surface area contributed by atoms with Crippen molar-refractivity contribution >= 4 is 23.1 Å². The Morgan fingerprint density at radius 2 is 2.17 bits per heavy atom. The summed E-state index contributed by atoms with van der Waals surface area (Å²) in [7, 11) is 0. The summed E-state index contributed by atoms with van der Waals surface area (Å²) < 4.78 is 0. The van der Waals surface area contributed by atoms with E-state index in [2.05, 4.69) is 0 Å². The van der Waals surface area contributed by atoms with Gasteiger partial charge in [0.2, 0.25) is 0 Å². The average molecular weight is 186 g/mol. The van der Waals surface area contributed by atoms with Gasteiger partial charge in [-0.05, 0) is 18.2 Å². The van der Waals surface area contributed by atoms with Gasteiger partial charge in [0.15, 0.2) is 5.78 Å². The molecule has 0 unspecified atom stereocenters. The Kier molecular flexibility index (Phi) is 2.68. The van der Waals surface area contributed by atoms with Crippen LogP contribution in [0.1, 0.15) is 10.4 Å². The quantitative estimate of drug-likeness (QED) is 0.536. The normalized spacial score (nSPS) is 9.83. The number of halogens is 1. The fraction of sp³-hybridized carbons (Fsp3) is 0.125. The minimum atomic E-state index is -0.528. The minimum absolute atomic E-state index is 0.336. The van der Waals surface area contributed by atoms with Gasteiger partial charge in [0.1, 0.15) is 6.61 Å². The Morgan fingerprint density at radius 3 is 2.67 bits per heavy atom. The van der Waals surface area contributed by atoms with Gasteiger partial charge in [0.25, 0.3) is 0 Å². The molecule has 1 aromatic carbocycles. The predicted molar refractivity (Wildman–Crippen MR) is 47.3 cm³/mol. The molecule has 12 heavy (non-hydrogen) atoms. The molecule has 64 valence electrons. The van der Waals surface area contributed by atoms with Gasteiger partial charge in [-0.15, -0.1) is 0 Å². The molecule has 0 amide bonds. The van der Waals surface area contributed by atoms with E-state index >= 15 is 0 Å². The smallest absolute Gasteiger partial charge is 0.188 e. The number of carbonyl (C=O) groups is 1. The van der Waals surface area contributed by atoms with Gasteiger partial charge in [-0.2, -0.15) is 0 Å². The van der Waals surface area contributed by atoms with Crippen molar-refractivity contribution < 1.29 is 9.90 Å². The predicted octanol–water partition coefficient (Wildman–Crippen LogP) is 1.10. The van der Waals surface area contributed by atoms with Crippen LogP contribution in [0.25, 0.3) is 0 Å². The molecule has 0 spiro atoms. The third kappa shape index (κ3) is 1.96. The molecular weight excluding hydrogens is 178 g/mol. The van der Waals surface area contributed by atoms with E-state index in [9.17, 15) is 4.79 Å². The molecule has 0 radical (unpaired) electrons. The van der Waals surface area contributed by atoms with Gasteiger partial charge in [0, 0.05) is 16.3 Å². The van der Waals surface area contributed by atoms with Crippen molar-refractivity contribution in [3.63, 3.8) is 0 Å². The number of Topliss-reactive ketones (excluding diaryl/α,β-unsaturated/α-hetero) is 1. The minimum Gasteiger partial charge on any atom is -0.399 e. The van der Waals surface area contributed by atoms with Crippen molar-refractivity contribution in [1.29, 1.82) is 0 Å². The number of nitrogen functional groups attached to an aromatic ring is 1. The molecular formula is C8H8ClNO2. The van der Waals surface area contributed by atoms with E-state index in [0.717, 1.165) is 0 Å². The lowest BCUT2D eigenvalue weighted by molar-refractivity contribution is 0.0904. The zero-order chi connectivity index (χ0) is 9.14. The molecule has 3 nitrogen and oxygen atoms in total. The van der Waals surface area contributed by atoms with Crippen molar-refractivity contribution in [3.05, 3.63) is 28.8 Å². The summed E-state index contributed by atoms with van der Waals surface area (Å²) in [5, 5.41) is 8.93. The third-order valence-electron chi connectivity index (χ3n) is 1.39. The summed E-state index contributed by atoms with van der Waals surface area (Å²) in [4.78, 5) is 11.0. The first-order valence-electron chi connectivity index (χ1n) is 3.33. The molecule has 0 aliphatic carbocycles. The number of benzene rings is 1. The number of hydrogen-bond acceptors (Lipinski definition) is 3. The summed E-state index contributed by atoms with van der Waals surface area (Å²) in [6, 6.07) is 4.48. The van der Waals surface area contributed by atoms with E-state index in [0.29, 0.717) is 16.3 Å². The van der Waals surface area contributed by atoms with Crippen molar-refractivity contribution in [2.45, 2.75) is 0 Å². The van der Waals surface area contributed by atoms with Crippen LogP contribution in [0.4, 0.5) is 5.69 Å². The standard InChI is InChI=1S/C8H8ClNO2/c9-6-1-5(8(12)4-11)2-7(10)3-6/h1-3,11H,4,10H2. The molecule has 0 fully saturated rings. The summed E-state index contributed by atoms with van der Waals surface area (Å²) in [6.07, 6.45) is 0. The van der Waals surface area contributed by atoms with Gasteiger partial charge < -0.3 is 10.8 Å². The third-order valence-corrected chi connectivity index (χ3v) is 1.60. The Hall–Kier alpha value is -1.06. The van der Waals surface area contributed by atoms with Crippen molar-refractivity contribution in [2.24, 2.45) is 0 Å². The first-order chi connectivity index (χ1) is 5.63. The van der Waals surface area contributed by atoms with E-state index in [1.807, 2.05) is 0 Å². The molecule has 1 aromatic rings. The number of hydrogen-bond donors (Lipinski definition) is 2. The Labute approximate surface area is 74.8 Å². The van der Waals surface area contributed by atoms with Gasteiger partial charge in [-0.1, -0.05) is 11.6 Å². The summed E-state index contributed by atoms with van der Waals surface area (Å²) >= 11 is 5.64. The Bertz CT molecular complexity index is 292. The second-order valence-electron chi connectivity index (χ2n) is 2.35. The van der Waals surface area contributed by atoms with Crippen LogP contribution in [0.3, 0.4) is 0 Å². The maximum atomic E-state index is 11.0. The second-order valence-corrected chi connectivity index (χ2v) is 2.79. The first kappa shape index (κ1) is 9.03. The fourth-order valence-corrected chi connectivity index (χ4v) is 1.11. The lowest BCUT2D eigenvalue weighted by Crippen LogP contribution is -2.04. The highest BCUT2D eigenvalue weighted by atomic mass is 35.5. The summed E-state index contributed by atoms with van der Waals surface area (Å²) in [5.41, 5.74) is 6.19. The lowest BCUT2D eigenvalue weighted by atomic mass is 10.1. The van der Waals surface area contributed by atoms with Gasteiger partial charge in [-0.25, -0.2) is 0 Å². The zero-order valence-electron chi connectivity index (χ0n) is 6.25. The number of aliphatic hydroxyl groups excluding tert-OH is 1. The van der Waals surface area contributed by atoms with Gasteiger partial charge >= 0.3 is 0 Å². The molecule has 0 bridgehead atoms. The number of carbonyl (C=O) groups excluding carboxylic acids is 1. The van der Waals surface area contributed by atoms with Crippen LogP contribution in [0, 0.1) is 0 Å². The number of nitrogens with two attached hydrogens (primary N) is 1. The topological polar surface area (TPSA) is 63.3 Å². The van der Waals surface area contributed by atoms with Gasteiger partial charge in [-0.3, -0.25) is 4.79 Å². The molecule has 0 aliphatic rings. The fourth-order valence-electron chi connectivity index (χ4n) is 0.865. The lowest BCUT2D eigenvalue weighted by Gasteiger charge is -1.99. The second kappa shape index (κ2) is 3.56. The molecule has 0 saturated heterocycles. The summed E-state index contributed by atoms with van der Waals surface area (Å²) in [5.74, 6) is -0.385. The van der Waals surface area contributed by atoms with E-state index in [1.165, 1.54) is 18.2 Å². The molecule has 3 N–H and O–H groups in total. The molecule has 1 rings (SSSR count). The molecule has 0 aromatic heterocycles. The maximum Gasteiger partial charge on any atom is 0.188 e. The number of ketones is 1. The van der Waals surface area contributed by atoms with Crippen LogP contribution in [0.15, 0.2) is 18.2 Å². The van der Waals surface area contributed by atoms with Crippen LogP contribution < -0.4 is 5.73 Å². The number of aliphatic hydroxyl groups is 1. The van der Waals surface area contributed by atoms with Gasteiger partial charge in [0.05, 0.1) is 0 Å². The van der Waals surface area contributed by atoms with Crippen molar-refractivity contribution in [3.8, 4) is 0 Å². The highest BCUT2D eigenvalue weighted by Gasteiger charge is 2.05. The number of rotatable bonds is 2. The van der Waals surface area contributed by atoms with Crippen LogP contribution in [0.2, 0.25) is 5.02 Å². The largest absolute Gasteiger partial charge is 0.399 e. The molecule has 0 heterocycles. The monoisotopic (exact) mass is 185 g/mol. The van der Waals surface area contributed by atoms with E-state index < -0.39 is 6.61 Å². The summed E-state index contributed by atoms with van der Waals surface area (Å²) in [6.45, 7) is -0.528. The molecule has 0 saturated carbocycles. The van der Waals surface area contributed by atoms with Crippen molar-refractivity contribution in [1.82, 2.24) is 0 Å². The van der Waals surface area contributed by atoms with E-state index in [-0.39, 0.29) is 5.78 Å². The highest BCUT2D eigenvalue weighted by molar-refractivity contribution is 6.31.